The van der Waals surface area contributed by atoms with E-state index in [-0.39, 0.29) is 10.5 Å². The molecule has 1 rings (SSSR count). The molecular weight excluding hydrogens is 334 g/mol. The van der Waals surface area contributed by atoms with Crippen LogP contribution < -0.4 is 0 Å². The topological polar surface area (TPSA) is 3.24 Å². The molecule has 0 N–H and O–H groups in total. The summed E-state index contributed by atoms with van der Waals surface area (Å²) < 4.78 is 0. The molecule has 0 aliphatic carbocycles. The second kappa shape index (κ2) is 15.1. The molecule has 26 heavy (non-hydrogen) atoms. The van der Waals surface area contributed by atoms with Gasteiger partial charge in [0.25, 0.3) is 0 Å². The highest BCUT2D eigenvalue weighted by Crippen LogP contribution is 2.24. The lowest BCUT2D eigenvalue weighted by atomic mass is 10.0. The second-order valence-corrected chi connectivity index (χ2v) is 8.97. The number of hydrogen-bond donors (Lipinski definition) is 0. The predicted molar refractivity (Wildman–Crippen MR) is 125 cm³/mol. The molecule has 0 saturated carbocycles. The highest BCUT2D eigenvalue weighted by molar-refractivity contribution is 8.13. The van der Waals surface area contributed by atoms with Crippen molar-refractivity contribution < 1.29 is 0 Å². The SMILES string of the molecule is C=C(CCCc1cc(S(=C)C)ccc1C)N(C)CC.CCCCCCC. The fourth-order valence-corrected chi connectivity index (χ4v) is 3.35. The van der Waals surface area contributed by atoms with Gasteiger partial charge in [-0.25, -0.2) is 0 Å². The first-order chi connectivity index (χ1) is 12.4. The predicted octanol–water partition coefficient (Wildman–Crippen LogP) is 7.45. The number of aryl methyl sites for hydroxylation is 2. The molecule has 0 radical (unpaired) electrons. The minimum atomic E-state index is 0.104. The summed E-state index contributed by atoms with van der Waals surface area (Å²) in [5, 5.41) is 0. The average Bonchev–Trinajstić information content (AvgIpc) is 2.63. The van der Waals surface area contributed by atoms with E-state index in [0.29, 0.717) is 0 Å². The Morgan fingerprint density at radius 2 is 1.65 bits per heavy atom. The molecule has 1 unspecified atom stereocenters. The minimum Gasteiger partial charge on any atom is -0.379 e. The molecule has 0 saturated heterocycles. The Hall–Kier alpha value is -1.02. The fourth-order valence-electron chi connectivity index (χ4n) is 2.71. The average molecular weight is 378 g/mol. The van der Waals surface area contributed by atoms with Crippen LogP contribution in [-0.4, -0.2) is 30.6 Å². The number of benzene rings is 1. The van der Waals surface area contributed by atoms with Crippen LogP contribution >= 0.6 is 10.5 Å². The number of hydrogen-bond acceptors (Lipinski definition) is 1. The first-order valence-electron chi connectivity index (χ1n) is 10.3. The number of allylic oxidation sites excluding steroid dienone is 1. The molecule has 150 valence electrons. The van der Waals surface area contributed by atoms with Gasteiger partial charge in [0.1, 0.15) is 0 Å². The van der Waals surface area contributed by atoms with Gasteiger partial charge in [0.2, 0.25) is 0 Å². The van der Waals surface area contributed by atoms with Crippen LogP contribution in [0.2, 0.25) is 0 Å². The Labute approximate surface area is 166 Å². The van der Waals surface area contributed by atoms with Crippen molar-refractivity contribution in [2.45, 2.75) is 84.0 Å². The highest BCUT2D eigenvalue weighted by Gasteiger charge is 2.03. The van der Waals surface area contributed by atoms with Crippen molar-refractivity contribution in [3.8, 4) is 0 Å². The normalized spacial score (nSPS) is 11.5. The first-order valence-corrected chi connectivity index (χ1v) is 12.1. The molecule has 0 aliphatic rings. The maximum Gasteiger partial charge on any atom is 0.0143 e. The van der Waals surface area contributed by atoms with E-state index >= 15 is 0 Å². The third-order valence-corrected chi connectivity index (χ3v) is 5.91. The maximum atomic E-state index is 4.14. The van der Waals surface area contributed by atoms with Gasteiger partial charge in [-0.1, -0.05) is 64.5 Å². The van der Waals surface area contributed by atoms with Gasteiger partial charge in [-0.05, 0) is 62.6 Å². The van der Waals surface area contributed by atoms with E-state index in [1.54, 1.807) is 0 Å². The standard InChI is InChI=1S/C17H27NS.C7H16/c1-7-18(4)15(3)9-8-10-16-13-17(19(5)6)12-11-14(16)2;1-3-5-7-6-4-2/h11-13H,3,5,7-10H2,1-2,4,6H3;3-7H2,1-2H3. The molecule has 0 spiro atoms. The van der Waals surface area contributed by atoms with Gasteiger partial charge in [-0.15, -0.1) is 0 Å². The van der Waals surface area contributed by atoms with E-state index in [1.807, 2.05) is 0 Å². The summed E-state index contributed by atoms with van der Waals surface area (Å²) in [7, 11) is 2.21. The lowest BCUT2D eigenvalue weighted by Crippen LogP contribution is -2.16. The molecule has 1 aromatic rings. The molecule has 2 heteroatoms. The summed E-state index contributed by atoms with van der Waals surface area (Å²) in [6.07, 6.45) is 12.6. The molecule has 0 fully saturated rings. The molecule has 1 atom stereocenters. The Morgan fingerprint density at radius 1 is 1.04 bits per heavy atom. The van der Waals surface area contributed by atoms with Crippen LogP contribution in [0.15, 0.2) is 35.4 Å². The highest BCUT2D eigenvalue weighted by atomic mass is 32.2. The Kier molecular flexibility index (Phi) is 14.5. The molecule has 0 aliphatic heterocycles. The summed E-state index contributed by atoms with van der Waals surface area (Å²) in [6.45, 7) is 14.0. The quantitative estimate of drug-likeness (QED) is 0.286. The molecule has 1 aromatic carbocycles. The van der Waals surface area contributed by atoms with Crippen LogP contribution in [-0.2, 0) is 6.42 Å². The van der Waals surface area contributed by atoms with Crippen molar-refractivity contribution in [3.63, 3.8) is 0 Å². The van der Waals surface area contributed by atoms with E-state index in [2.05, 4.69) is 76.5 Å². The fraction of sp³-hybridized carbons (Fsp3) is 0.625. The van der Waals surface area contributed by atoms with Crippen LogP contribution in [0.25, 0.3) is 0 Å². The van der Waals surface area contributed by atoms with E-state index in [1.165, 1.54) is 60.2 Å². The van der Waals surface area contributed by atoms with Gasteiger partial charge in [0.05, 0.1) is 0 Å². The lowest BCUT2D eigenvalue weighted by molar-refractivity contribution is 0.421. The van der Waals surface area contributed by atoms with Gasteiger partial charge >= 0.3 is 0 Å². The van der Waals surface area contributed by atoms with Gasteiger partial charge in [0, 0.05) is 24.2 Å². The van der Waals surface area contributed by atoms with Crippen LogP contribution in [0.5, 0.6) is 0 Å². The van der Waals surface area contributed by atoms with Crippen molar-refractivity contribution in [3.05, 3.63) is 41.6 Å². The van der Waals surface area contributed by atoms with Crippen molar-refractivity contribution in [2.75, 3.05) is 19.8 Å². The zero-order valence-corrected chi connectivity index (χ0v) is 19.2. The molecule has 0 bridgehead atoms. The summed E-state index contributed by atoms with van der Waals surface area (Å²) in [4.78, 5) is 3.59. The van der Waals surface area contributed by atoms with E-state index in [9.17, 15) is 0 Å². The zero-order chi connectivity index (χ0) is 19.9. The number of unbranched alkanes of at least 4 members (excludes halogenated alkanes) is 4. The molecule has 0 aromatic heterocycles. The van der Waals surface area contributed by atoms with Crippen LogP contribution in [0.1, 0.15) is 76.8 Å². The Bertz CT molecular complexity index is 529. The van der Waals surface area contributed by atoms with Crippen LogP contribution in [0.3, 0.4) is 0 Å². The summed E-state index contributed by atoms with van der Waals surface area (Å²) in [6, 6.07) is 6.77. The van der Waals surface area contributed by atoms with Crippen LogP contribution in [0, 0.1) is 6.92 Å². The lowest BCUT2D eigenvalue weighted by Gasteiger charge is -2.19. The van der Waals surface area contributed by atoms with Gasteiger partial charge in [0.15, 0.2) is 0 Å². The second-order valence-electron chi connectivity index (χ2n) is 7.22. The van der Waals surface area contributed by atoms with Crippen molar-refractivity contribution in [2.24, 2.45) is 0 Å². The molecule has 0 amide bonds. The van der Waals surface area contributed by atoms with Crippen molar-refractivity contribution in [1.82, 2.24) is 4.90 Å². The number of nitrogens with zero attached hydrogens (tertiary/aromatic N) is 1. The van der Waals surface area contributed by atoms with E-state index < -0.39 is 0 Å². The molecule has 1 nitrogen and oxygen atoms in total. The summed E-state index contributed by atoms with van der Waals surface area (Å²) in [5.41, 5.74) is 4.10. The summed E-state index contributed by atoms with van der Waals surface area (Å²) in [5.74, 6) is 4.13. The zero-order valence-electron chi connectivity index (χ0n) is 18.4. The first kappa shape index (κ1) is 25.0. The Balaban J connectivity index is 0.000000758. The Morgan fingerprint density at radius 3 is 2.15 bits per heavy atom. The van der Waals surface area contributed by atoms with Crippen molar-refractivity contribution in [1.29, 1.82) is 0 Å². The summed E-state index contributed by atoms with van der Waals surface area (Å²) >= 11 is 0. The molecular formula is C24H43NS. The largest absolute Gasteiger partial charge is 0.379 e. The van der Waals surface area contributed by atoms with Crippen molar-refractivity contribution >= 4 is 16.4 Å². The maximum absolute atomic E-state index is 4.14. The van der Waals surface area contributed by atoms with Gasteiger partial charge < -0.3 is 4.90 Å². The van der Waals surface area contributed by atoms with Gasteiger partial charge in [-0.2, -0.15) is 10.5 Å². The van der Waals surface area contributed by atoms with E-state index in [0.717, 1.165) is 19.4 Å². The third-order valence-electron chi connectivity index (χ3n) is 4.86. The van der Waals surface area contributed by atoms with Gasteiger partial charge in [-0.3, -0.25) is 0 Å². The van der Waals surface area contributed by atoms with E-state index in [4.69, 9.17) is 0 Å². The smallest absolute Gasteiger partial charge is 0.0143 e. The van der Waals surface area contributed by atoms with Crippen LogP contribution in [0.4, 0.5) is 0 Å². The monoisotopic (exact) mass is 377 g/mol. The number of rotatable bonds is 11. The molecule has 0 heterocycles. The third kappa shape index (κ3) is 10.9. The minimum absolute atomic E-state index is 0.104.